The summed E-state index contributed by atoms with van der Waals surface area (Å²) in [5, 5.41) is 0.447. The first-order valence-corrected chi connectivity index (χ1v) is 10.2. The van der Waals surface area contributed by atoms with Crippen molar-refractivity contribution in [2.75, 3.05) is 13.2 Å². The minimum absolute atomic E-state index is 0.166. The van der Waals surface area contributed by atoms with Crippen LogP contribution in [0, 0.1) is 12.7 Å². The summed E-state index contributed by atoms with van der Waals surface area (Å²) in [6.45, 7) is 4.66. The Morgan fingerprint density at radius 1 is 1.00 bits per heavy atom. The summed E-state index contributed by atoms with van der Waals surface area (Å²) in [7, 11) is 0. The Kier molecular flexibility index (Phi) is 6.09. The molecule has 5 nitrogen and oxygen atoms in total. The van der Waals surface area contributed by atoms with E-state index in [2.05, 4.69) is 4.98 Å². The highest BCUT2D eigenvalue weighted by Gasteiger charge is 2.20. The van der Waals surface area contributed by atoms with E-state index in [1.54, 1.807) is 34.9 Å². The summed E-state index contributed by atoms with van der Waals surface area (Å²) in [6.07, 6.45) is 0. The van der Waals surface area contributed by atoms with Crippen molar-refractivity contribution in [3.63, 3.8) is 0 Å². The number of fused-ring (bicyclic) bond motifs is 1. The minimum Gasteiger partial charge on any atom is -0.457 e. The molecule has 4 aromatic rings. The fourth-order valence-electron chi connectivity index (χ4n) is 3.58. The number of aromatic nitrogens is 2. The van der Waals surface area contributed by atoms with Crippen LogP contribution in [0.3, 0.4) is 0 Å². The monoisotopic (exact) mass is 418 g/mol. The van der Waals surface area contributed by atoms with Crippen LogP contribution in [-0.4, -0.2) is 22.8 Å². The van der Waals surface area contributed by atoms with Crippen LogP contribution < -0.4 is 10.3 Å². The highest BCUT2D eigenvalue weighted by molar-refractivity contribution is 5.79. The third-order valence-corrected chi connectivity index (χ3v) is 5.07. The van der Waals surface area contributed by atoms with Crippen molar-refractivity contribution in [2.45, 2.75) is 19.9 Å². The first-order valence-electron chi connectivity index (χ1n) is 10.2. The van der Waals surface area contributed by atoms with Gasteiger partial charge in [-0.25, -0.2) is 9.37 Å². The summed E-state index contributed by atoms with van der Waals surface area (Å²) in [6, 6.07) is 20.4. The van der Waals surface area contributed by atoms with E-state index in [1.807, 2.05) is 44.2 Å². The molecular weight excluding hydrogens is 395 g/mol. The summed E-state index contributed by atoms with van der Waals surface area (Å²) in [4.78, 5) is 18.2. The lowest BCUT2D eigenvalue weighted by atomic mass is 10.1. The van der Waals surface area contributed by atoms with Gasteiger partial charge in [0.15, 0.2) is 0 Å². The molecular formula is C25H23FN2O3. The molecule has 31 heavy (non-hydrogen) atoms. The number of benzene rings is 3. The van der Waals surface area contributed by atoms with Gasteiger partial charge in [0.25, 0.3) is 5.56 Å². The molecule has 0 aliphatic rings. The topological polar surface area (TPSA) is 53.4 Å². The maximum Gasteiger partial charge on any atom is 0.262 e. The van der Waals surface area contributed by atoms with Crippen molar-refractivity contribution in [3.05, 3.63) is 100 Å². The number of hydrogen-bond acceptors (Lipinski definition) is 4. The quantitative estimate of drug-likeness (QED) is 0.411. The first-order chi connectivity index (χ1) is 15.1. The highest BCUT2D eigenvalue weighted by atomic mass is 19.1. The van der Waals surface area contributed by atoms with Gasteiger partial charge in [-0.1, -0.05) is 30.3 Å². The van der Waals surface area contributed by atoms with E-state index < -0.39 is 0 Å². The minimum atomic E-state index is -0.338. The van der Waals surface area contributed by atoms with Crippen molar-refractivity contribution in [2.24, 2.45) is 0 Å². The molecule has 1 atom stereocenters. The van der Waals surface area contributed by atoms with Crippen molar-refractivity contribution < 1.29 is 13.9 Å². The molecule has 1 aromatic heterocycles. The fraction of sp³-hybridized carbons (Fsp3) is 0.200. The fourth-order valence-corrected chi connectivity index (χ4v) is 3.58. The zero-order valence-corrected chi connectivity index (χ0v) is 17.4. The average molecular weight is 418 g/mol. The second kappa shape index (κ2) is 9.10. The van der Waals surface area contributed by atoms with Crippen LogP contribution in [0.5, 0.6) is 11.5 Å². The van der Waals surface area contributed by atoms with E-state index in [0.717, 1.165) is 5.56 Å². The number of nitrogens with zero attached hydrogens (tertiary/aromatic N) is 2. The van der Waals surface area contributed by atoms with Gasteiger partial charge in [-0.3, -0.25) is 9.36 Å². The molecule has 0 saturated carbocycles. The number of aryl methyl sites for hydroxylation is 1. The van der Waals surface area contributed by atoms with Crippen molar-refractivity contribution in [3.8, 4) is 11.5 Å². The Labute approximate surface area is 179 Å². The van der Waals surface area contributed by atoms with Gasteiger partial charge in [0, 0.05) is 6.61 Å². The van der Waals surface area contributed by atoms with E-state index in [9.17, 15) is 9.18 Å². The molecule has 0 spiro atoms. The van der Waals surface area contributed by atoms with Gasteiger partial charge in [0.1, 0.15) is 23.1 Å². The Morgan fingerprint density at radius 3 is 2.42 bits per heavy atom. The molecule has 4 rings (SSSR count). The summed E-state index contributed by atoms with van der Waals surface area (Å²) in [5.74, 6) is 1.24. The second-order valence-corrected chi connectivity index (χ2v) is 7.16. The first kappa shape index (κ1) is 20.8. The predicted molar refractivity (Wildman–Crippen MR) is 118 cm³/mol. The zero-order chi connectivity index (χ0) is 21.8. The second-order valence-electron chi connectivity index (χ2n) is 7.16. The van der Waals surface area contributed by atoms with Crippen LogP contribution in [0.2, 0.25) is 0 Å². The van der Waals surface area contributed by atoms with Crippen molar-refractivity contribution in [1.29, 1.82) is 0 Å². The Bertz CT molecular complexity index is 1240. The van der Waals surface area contributed by atoms with Gasteiger partial charge >= 0.3 is 0 Å². The van der Waals surface area contributed by atoms with E-state index in [-0.39, 0.29) is 17.4 Å². The van der Waals surface area contributed by atoms with Crippen LogP contribution in [0.15, 0.2) is 77.6 Å². The molecule has 0 radical (unpaired) electrons. The van der Waals surface area contributed by atoms with Gasteiger partial charge in [0.2, 0.25) is 0 Å². The van der Waals surface area contributed by atoms with Crippen molar-refractivity contribution in [1.82, 2.24) is 9.55 Å². The normalized spacial score (nSPS) is 12.1. The molecule has 3 aromatic carbocycles. The third-order valence-electron chi connectivity index (χ3n) is 5.07. The van der Waals surface area contributed by atoms with E-state index in [4.69, 9.17) is 9.47 Å². The van der Waals surface area contributed by atoms with Crippen LogP contribution in [0.4, 0.5) is 4.39 Å². The van der Waals surface area contributed by atoms with Crippen LogP contribution >= 0.6 is 0 Å². The molecule has 0 aliphatic carbocycles. The van der Waals surface area contributed by atoms with Crippen LogP contribution in [0.25, 0.3) is 10.9 Å². The molecule has 0 aliphatic heterocycles. The molecule has 1 heterocycles. The predicted octanol–water partition coefficient (Wildman–Crippen LogP) is 5.26. The molecule has 0 N–H and O–H groups in total. The molecule has 0 bridgehead atoms. The average Bonchev–Trinajstić information content (AvgIpc) is 2.78. The zero-order valence-electron chi connectivity index (χ0n) is 17.4. The molecule has 0 amide bonds. The highest BCUT2D eigenvalue weighted by Crippen LogP contribution is 2.25. The molecule has 0 saturated heterocycles. The van der Waals surface area contributed by atoms with Crippen LogP contribution in [0.1, 0.15) is 24.4 Å². The van der Waals surface area contributed by atoms with Crippen LogP contribution in [-0.2, 0) is 4.74 Å². The molecule has 6 heteroatoms. The maximum absolute atomic E-state index is 13.5. The Balaban J connectivity index is 1.79. The maximum atomic E-state index is 13.5. The Hall–Kier alpha value is -3.51. The SMILES string of the molecule is CCOC[C@H](c1ccccc1)n1c(C)nc2ccc(Oc3ccc(F)cc3)cc2c1=O. The number of halogens is 1. The Morgan fingerprint density at radius 2 is 1.71 bits per heavy atom. The number of hydrogen-bond donors (Lipinski definition) is 0. The van der Waals surface area contributed by atoms with Gasteiger partial charge in [-0.15, -0.1) is 0 Å². The summed E-state index contributed by atoms with van der Waals surface area (Å²) in [5.41, 5.74) is 1.40. The third kappa shape index (κ3) is 4.49. The number of rotatable bonds is 7. The largest absolute Gasteiger partial charge is 0.457 e. The van der Waals surface area contributed by atoms with Gasteiger partial charge < -0.3 is 9.47 Å². The smallest absolute Gasteiger partial charge is 0.262 e. The molecule has 0 fully saturated rings. The van der Waals surface area contributed by atoms with E-state index >= 15 is 0 Å². The summed E-state index contributed by atoms with van der Waals surface area (Å²) >= 11 is 0. The lowest BCUT2D eigenvalue weighted by molar-refractivity contribution is 0.123. The van der Waals surface area contributed by atoms with E-state index in [1.165, 1.54) is 12.1 Å². The number of ether oxygens (including phenoxy) is 2. The molecule has 158 valence electrons. The van der Waals surface area contributed by atoms with Gasteiger partial charge in [-0.2, -0.15) is 0 Å². The lowest BCUT2D eigenvalue weighted by Gasteiger charge is -2.22. The summed E-state index contributed by atoms with van der Waals surface area (Å²) < 4.78 is 26.3. The van der Waals surface area contributed by atoms with E-state index in [0.29, 0.717) is 41.4 Å². The van der Waals surface area contributed by atoms with Gasteiger partial charge in [0.05, 0.1) is 23.6 Å². The van der Waals surface area contributed by atoms with Crippen molar-refractivity contribution >= 4 is 10.9 Å². The van der Waals surface area contributed by atoms with Gasteiger partial charge in [-0.05, 0) is 61.9 Å². The molecule has 0 unspecified atom stereocenters. The standard InChI is InChI=1S/C25H23FN2O3/c1-3-30-16-24(18-7-5-4-6-8-18)28-17(2)27-23-14-13-21(15-22(23)25(28)29)31-20-11-9-19(26)10-12-20/h4-15,24H,3,16H2,1-2H3/t24-/m1/s1. The lowest BCUT2D eigenvalue weighted by Crippen LogP contribution is -2.31.